The van der Waals surface area contributed by atoms with Gasteiger partial charge in [0.25, 0.3) is 5.56 Å². The normalized spacial score (nSPS) is 11.3. The molecule has 0 spiro atoms. The molecule has 0 aliphatic carbocycles. The van der Waals surface area contributed by atoms with Gasteiger partial charge in [-0.05, 0) is 19.2 Å². The Morgan fingerprint density at radius 2 is 1.81 bits per heavy atom. The first-order chi connectivity index (χ1) is 12.7. The summed E-state index contributed by atoms with van der Waals surface area (Å²) >= 11 is 0. The summed E-state index contributed by atoms with van der Waals surface area (Å²) < 4.78 is 5.44. The maximum atomic E-state index is 12.2. The van der Waals surface area contributed by atoms with E-state index in [0.717, 1.165) is 17.0 Å². The summed E-state index contributed by atoms with van der Waals surface area (Å²) in [4.78, 5) is 21.5. The molecule has 0 aliphatic rings. The van der Waals surface area contributed by atoms with Crippen LogP contribution in [-0.4, -0.2) is 27.1 Å². The summed E-state index contributed by atoms with van der Waals surface area (Å²) in [5.74, 6) is 1.38. The highest BCUT2D eigenvalue weighted by molar-refractivity contribution is 5.77. The molecule has 4 aromatic rings. The fraction of sp³-hybridized carbons (Fsp3) is 0.150. The number of benzene rings is 2. The molecule has 0 saturated carbocycles. The first-order valence-corrected chi connectivity index (χ1v) is 8.36. The van der Waals surface area contributed by atoms with Crippen LogP contribution >= 0.6 is 0 Å². The predicted molar refractivity (Wildman–Crippen MR) is 99.5 cm³/mol. The van der Waals surface area contributed by atoms with E-state index in [1.165, 1.54) is 0 Å². The molecule has 0 saturated heterocycles. The number of para-hydroxylation sites is 1. The fourth-order valence-corrected chi connectivity index (χ4v) is 2.92. The molecule has 2 aromatic carbocycles. The van der Waals surface area contributed by atoms with Crippen molar-refractivity contribution in [3.63, 3.8) is 0 Å². The van der Waals surface area contributed by atoms with Gasteiger partial charge in [0.2, 0.25) is 0 Å². The minimum Gasteiger partial charge on any atom is -0.359 e. The van der Waals surface area contributed by atoms with Gasteiger partial charge in [0.05, 0.1) is 24.0 Å². The number of H-pyrrole nitrogens is 1. The quantitative estimate of drug-likeness (QED) is 0.600. The molecule has 0 radical (unpaired) electrons. The lowest BCUT2D eigenvalue weighted by atomic mass is 10.1. The molecule has 4 rings (SSSR count). The minimum absolute atomic E-state index is 0.120. The van der Waals surface area contributed by atoms with E-state index in [2.05, 4.69) is 15.1 Å². The predicted octanol–water partition coefficient (Wildman–Crippen LogP) is 3.21. The SMILES string of the molecule is CN(Cc1nc2ccccc2c(=O)[nH]1)Cc1cc(-c2ccccc2)no1. The Kier molecular flexibility index (Phi) is 4.33. The Balaban J connectivity index is 1.48. The zero-order valence-corrected chi connectivity index (χ0v) is 14.3. The summed E-state index contributed by atoms with van der Waals surface area (Å²) in [5, 5.41) is 4.73. The van der Waals surface area contributed by atoms with E-state index in [1.54, 1.807) is 6.07 Å². The van der Waals surface area contributed by atoms with E-state index in [4.69, 9.17) is 4.52 Å². The third kappa shape index (κ3) is 3.41. The average Bonchev–Trinajstić information content (AvgIpc) is 3.11. The van der Waals surface area contributed by atoms with Gasteiger partial charge >= 0.3 is 0 Å². The maximum Gasteiger partial charge on any atom is 0.258 e. The van der Waals surface area contributed by atoms with E-state index in [1.807, 2.05) is 66.5 Å². The number of aromatic nitrogens is 3. The molecule has 0 amide bonds. The fourth-order valence-electron chi connectivity index (χ4n) is 2.92. The molecule has 0 atom stereocenters. The molecule has 130 valence electrons. The van der Waals surface area contributed by atoms with Crippen molar-refractivity contribution in [1.82, 2.24) is 20.0 Å². The van der Waals surface area contributed by atoms with Gasteiger partial charge in [-0.15, -0.1) is 0 Å². The van der Waals surface area contributed by atoms with Crippen LogP contribution in [0.4, 0.5) is 0 Å². The van der Waals surface area contributed by atoms with Gasteiger partial charge < -0.3 is 9.51 Å². The van der Waals surface area contributed by atoms with Crippen LogP contribution in [0.3, 0.4) is 0 Å². The molecular formula is C20H18N4O2. The summed E-state index contributed by atoms with van der Waals surface area (Å²) in [7, 11) is 1.94. The second-order valence-corrected chi connectivity index (χ2v) is 6.25. The Morgan fingerprint density at radius 3 is 2.65 bits per heavy atom. The van der Waals surface area contributed by atoms with E-state index in [0.29, 0.717) is 29.8 Å². The van der Waals surface area contributed by atoms with Gasteiger partial charge in [0, 0.05) is 11.6 Å². The Hall–Kier alpha value is -3.25. The number of hydrogen-bond donors (Lipinski definition) is 1. The van der Waals surface area contributed by atoms with Gasteiger partial charge in [-0.25, -0.2) is 4.98 Å². The first-order valence-electron chi connectivity index (χ1n) is 8.36. The molecule has 6 heteroatoms. The van der Waals surface area contributed by atoms with Crippen LogP contribution in [0.2, 0.25) is 0 Å². The number of fused-ring (bicyclic) bond motifs is 1. The van der Waals surface area contributed by atoms with Crippen LogP contribution in [0.1, 0.15) is 11.6 Å². The van der Waals surface area contributed by atoms with Crippen molar-refractivity contribution in [3.05, 3.63) is 82.6 Å². The van der Waals surface area contributed by atoms with Crippen LogP contribution in [0.25, 0.3) is 22.2 Å². The van der Waals surface area contributed by atoms with Crippen LogP contribution < -0.4 is 5.56 Å². The lowest BCUT2D eigenvalue weighted by molar-refractivity contribution is 0.262. The van der Waals surface area contributed by atoms with Crippen LogP contribution in [-0.2, 0) is 13.1 Å². The topological polar surface area (TPSA) is 75.0 Å². The molecule has 6 nitrogen and oxygen atoms in total. The summed E-state index contributed by atoms with van der Waals surface area (Å²) in [6, 6.07) is 19.2. The van der Waals surface area contributed by atoms with Crippen molar-refractivity contribution in [2.75, 3.05) is 7.05 Å². The number of hydrogen-bond acceptors (Lipinski definition) is 5. The van der Waals surface area contributed by atoms with Gasteiger partial charge in [-0.1, -0.05) is 47.6 Å². The molecule has 1 N–H and O–H groups in total. The average molecular weight is 346 g/mol. The van der Waals surface area contributed by atoms with Crippen molar-refractivity contribution >= 4 is 10.9 Å². The maximum absolute atomic E-state index is 12.2. The molecule has 0 bridgehead atoms. The number of nitrogens with zero attached hydrogens (tertiary/aromatic N) is 3. The highest BCUT2D eigenvalue weighted by Crippen LogP contribution is 2.19. The van der Waals surface area contributed by atoms with Crippen molar-refractivity contribution in [3.8, 4) is 11.3 Å². The largest absolute Gasteiger partial charge is 0.359 e. The van der Waals surface area contributed by atoms with Crippen molar-refractivity contribution < 1.29 is 4.52 Å². The van der Waals surface area contributed by atoms with E-state index in [-0.39, 0.29) is 5.56 Å². The summed E-state index contributed by atoms with van der Waals surface area (Å²) in [5.41, 5.74) is 2.41. The lowest BCUT2D eigenvalue weighted by Crippen LogP contribution is -2.21. The third-order valence-electron chi connectivity index (χ3n) is 4.14. The van der Waals surface area contributed by atoms with Crippen molar-refractivity contribution in [1.29, 1.82) is 0 Å². The van der Waals surface area contributed by atoms with Gasteiger partial charge in [-0.3, -0.25) is 9.69 Å². The highest BCUT2D eigenvalue weighted by atomic mass is 16.5. The second-order valence-electron chi connectivity index (χ2n) is 6.25. The molecule has 0 fully saturated rings. The van der Waals surface area contributed by atoms with Crippen LogP contribution in [0.5, 0.6) is 0 Å². The highest BCUT2D eigenvalue weighted by Gasteiger charge is 2.11. The zero-order valence-electron chi connectivity index (χ0n) is 14.3. The molecule has 2 aromatic heterocycles. The molecule has 0 aliphatic heterocycles. The van der Waals surface area contributed by atoms with Gasteiger partial charge in [-0.2, -0.15) is 0 Å². The standard InChI is InChI=1S/C20H18N4O2/c1-24(12-15-11-18(23-26-15)14-7-3-2-4-8-14)13-19-21-17-10-6-5-9-16(17)20(25)22-19/h2-11H,12-13H2,1H3,(H,21,22,25). The Bertz CT molecular complexity index is 1090. The number of nitrogens with one attached hydrogen (secondary N) is 1. The third-order valence-corrected chi connectivity index (χ3v) is 4.14. The lowest BCUT2D eigenvalue weighted by Gasteiger charge is -2.14. The monoisotopic (exact) mass is 346 g/mol. The summed E-state index contributed by atoms with van der Waals surface area (Å²) in [6.45, 7) is 1.07. The first kappa shape index (κ1) is 16.2. The van der Waals surface area contributed by atoms with Crippen LogP contribution in [0.15, 0.2) is 70.0 Å². The van der Waals surface area contributed by atoms with E-state index < -0.39 is 0 Å². The van der Waals surface area contributed by atoms with Gasteiger partial charge in [0.1, 0.15) is 11.5 Å². The van der Waals surface area contributed by atoms with Crippen molar-refractivity contribution in [2.24, 2.45) is 0 Å². The minimum atomic E-state index is -0.120. The number of rotatable bonds is 5. The van der Waals surface area contributed by atoms with Crippen molar-refractivity contribution in [2.45, 2.75) is 13.1 Å². The number of aromatic amines is 1. The molecular weight excluding hydrogens is 328 g/mol. The second kappa shape index (κ2) is 6.93. The molecule has 26 heavy (non-hydrogen) atoms. The van der Waals surface area contributed by atoms with E-state index in [9.17, 15) is 4.79 Å². The molecule has 2 heterocycles. The Morgan fingerprint density at radius 1 is 1.04 bits per heavy atom. The van der Waals surface area contributed by atoms with Crippen LogP contribution in [0, 0.1) is 0 Å². The van der Waals surface area contributed by atoms with Gasteiger partial charge in [0.15, 0.2) is 5.76 Å². The zero-order chi connectivity index (χ0) is 17.9. The molecule has 0 unspecified atom stereocenters. The Labute approximate surface area is 150 Å². The smallest absolute Gasteiger partial charge is 0.258 e. The van der Waals surface area contributed by atoms with E-state index >= 15 is 0 Å². The summed E-state index contributed by atoms with van der Waals surface area (Å²) in [6.07, 6.45) is 0.